The van der Waals surface area contributed by atoms with Gasteiger partial charge < -0.3 is 15.4 Å². The maximum Gasteiger partial charge on any atom is 0.0994 e. The number of nitrogens with zero attached hydrogens (tertiary/aromatic N) is 2. The second-order valence-corrected chi connectivity index (χ2v) is 3.80. The Morgan fingerprint density at radius 2 is 2.06 bits per heavy atom. The summed E-state index contributed by atoms with van der Waals surface area (Å²) in [5, 5.41) is 8.96. The fraction of sp³-hybridized carbons (Fsp3) is 0.250. The van der Waals surface area contributed by atoms with Crippen LogP contribution in [-0.2, 0) is 6.61 Å². The smallest absolute Gasteiger partial charge is 0.0994 e. The number of rotatable bonds is 3. The predicted octanol–water partition coefficient (Wildman–Crippen LogP) is 1.38. The van der Waals surface area contributed by atoms with E-state index in [1.807, 2.05) is 35.8 Å². The first-order chi connectivity index (χ1) is 7.72. The Labute approximate surface area is 94.4 Å². The van der Waals surface area contributed by atoms with Gasteiger partial charge in [-0.2, -0.15) is 0 Å². The maximum absolute atomic E-state index is 8.96. The molecule has 0 amide bonds. The van der Waals surface area contributed by atoms with Crippen molar-refractivity contribution < 1.29 is 5.11 Å². The van der Waals surface area contributed by atoms with Crippen molar-refractivity contribution in [3.63, 3.8) is 0 Å². The molecule has 0 saturated heterocycles. The van der Waals surface area contributed by atoms with E-state index in [9.17, 15) is 0 Å². The molecule has 2 rings (SSSR count). The van der Waals surface area contributed by atoms with E-state index in [1.165, 1.54) is 0 Å². The van der Waals surface area contributed by atoms with Crippen LogP contribution in [0.3, 0.4) is 0 Å². The van der Waals surface area contributed by atoms with Gasteiger partial charge in [-0.3, -0.25) is 0 Å². The first kappa shape index (κ1) is 10.9. The number of hydrogen-bond acceptors (Lipinski definition) is 3. The average molecular weight is 217 g/mol. The number of hydrogen-bond donors (Lipinski definition) is 2. The summed E-state index contributed by atoms with van der Waals surface area (Å²) < 4.78 is 1.95. The number of benzene rings is 1. The van der Waals surface area contributed by atoms with E-state index in [2.05, 4.69) is 4.98 Å². The number of nitrogens with two attached hydrogens (primary N) is 1. The lowest BCUT2D eigenvalue weighted by Crippen LogP contribution is -2.10. The van der Waals surface area contributed by atoms with Crippen molar-refractivity contribution in [2.75, 3.05) is 0 Å². The second-order valence-electron chi connectivity index (χ2n) is 3.80. The van der Waals surface area contributed by atoms with E-state index >= 15 is 0 Å². The topological polar surface area (TPSA) is 64.1 Å². The van der Waals surface area contributed by atoms with E-state index in [0.29, 0.717) is 0 Å². The largest absolute Gasteiger partial charge is 0.392 e. The summed E-state index contributed by atoms with van der Waals surface area (Å²) in [6.07, 6.45) is 3.51. The highest BCUT2D eigenvalue weighted by atomic mass is 16.3. The molecule has 4 nitrogen and oxygen atoms in total. The number of aliphatic hydroxyl groups excluding tert-OH is 1. The highest BCUT2D eigenvalue weighted by molar-refractivity contribution is 5.36. The quantitative estimate of drug-likeness (QED) is 0.816. The van der Waals surface area contributed by atoms with Gasteiger partial charge in [0, 0.05) is 11.7 Å². The van der Waals surface area contributed by atoms with Gasteiger partial charge in [0.2, 0.25) is 0 Å². The summed E-state index contributed by atoms with van der Waals surface area (Å²) in [6, 6.07) is 7.61. The molecule has 1 aromatic carbocycles. The molecule has 0 radical (unpaired) electrons. The summed E-state index contributed by atoms with van der Waals surface area (Å²) in [4.78, 5) is 4.10. The Hall–Kier alpha value is -1.65. The first-order valence-corrected chi connectivity index (χ1v) is 5.20. The van der Waals surface area contributed by atoms with Gasteiger partial charge >= 0.3 is 0 Å². The van der Waals surface area contributed by atoms with Crippen molar-refractivity contribution in [2.24, 2.45) is 5.73 Å². The van der Waals surface area contributed by atoms with Crippen LogP contribution >= 0.6 is 0 Å². The molecule has 0 aliphatic rings. The Morgan fingerprint density at radius 1 is 1.38 bits per heavy atom. The highest BCUT2D eigenvalue weighted by Gasteiger charge is 2.07. The van der Waals surface area contributed by atoms with Gasteiger partial charge in [-0.15, -0.1) is 0 Å². The van der Waals surface area contributed by atoms with Gasteiger partial charge in [0.25, 0.3) is 0 Å². The summed E-state index contributed by atoms with van der Waals surface area (Å²) in [7, 11) is 0. The lowest BCUT2D eigenvalue weighted by atomic mass is 10.2. The van der Waals surface area contributed by atoms with E-state index in [1.54, 1.807) is 12.5 Å². The molecular formula is C12H15N3O. The number of aliphatic hydroxyl groups is 1. The van der Waals surface area contributed by atoms with Crippen molar-refractivity contribution >= 4 is 0 Å². The molecule has 1 heterocycles. The van der Waals surface area contributed by atoms with Crippen LogP contribution in [0.15, 0.2) is 36.8 Å². The molecule has 16 heavy (non-hydrogen) atoms. The van der Waals surface area contributed by atoms with Crippen LogP contribution in [-0.4, -0.2) is 14.7 Å². The fourth-order valence-corrected chi connectivity index (χ4v) is 1.62. The van der Waals surface area contributed by atoms with E-state index in [0.717, 1.165) is 16.9 Å². The van der Waals surface area contributed by atoms with E-state index in [4.69, 9.17) is 10.8 Å². The van der Waals surface area contributed by atoms with Crippen molar-refractivity contribution in [1.29, 1.82) is 0 Å². The third-order valence-electron chi connectivity index (χ3n) is 2.53. The normalized spacial score (nSPS) is 12.7. The Morgan fingerprint density at radius 3 is 2.62 bits per heavy atom. The van der Waals surface area contributed by atoms with Crippen LogP contribution in [0.25, 0.3) is 5.69 Å². The lowest BCUT2D eigenvalue weighted by Gasteiger charge is -2.10. The van der Waals surface area contributed by atoms with Gasteiger partial charge in [0.05, 0.1) is 24.8 Å². The Kier molecular flexibility index (Phi) is 3.03. The molecule has 0 spiro atoms. The number of aromatic nitrogens is 2. The van der Waals surface area contributed by atoms with E-state index < -0.39 is 0 Å². The molecular weight excluding hydrogens is 202 g/mol. The minimum absolute atomic E-state index is 0.0555. The molecule has 0 aliphatic carbocycles. The third kappa shape index (κ3) is 1.98. The predicted molar refractivity (Wildman–Crippen MR) is 62.1 cm³/mol. The van der Waals surface area contributed by atoms with Gasteiger partial charge in [-0.1, -0.05) is 12.1 Å². The Bertz CT molecular complexity index is 459. The molecule has 0 bridgehead atoms. The fourth-order valence-electron chi connectivity index (χ4n) is 1.62. The summed E-state index contributed by atoms with van der Waals surface area (Å²) in [5.74, 6) is 0. The number of imidazole rings is 1. The lowest BCUT2D eigenvalue weighted by molar-refractivity contribution is 0.282. The summed E-state index contributed by atoms with van der Waals surface area (Å²) in [5.41, 5.74) is 8.72. The van der Waals surface area contributed by atoms with Gasteiger partial charge in [0.1, 0.15) is 0 Å². The zero-order chi connectivity index (χ0) is 11.5. The van der Waals surface area contributed by atoms with Crippen LogP contribution < -0.4 is 5.73 Å². The standard InChI is InChI=1S/C12H15N3O/c1-9(13)12-6-14-8-15(12)11-4-2-10(7-16)3-5-11/h2-6,8-9,16H,7,13H2,1H3/t9-/m1/s1. The molecule has 0 unspecified atom stereocenters. The highest BCUT2D eigenvalue weighted by Crippen LogP contribution is 2.16. The van der Waals surface area contributed by atoms with Crippen LogP contribution in [0.5, 0.6) is 0 Å². The molecule has 0 saturated carbocycles. The summed E-state index contributed by atoms with van der Waals surface area (Å²) >= 11 is 0. The van der Waals surface area contributed by atoms with Crippen LogP contribution in [0.1, 0.15) is 24.2 Å². The first-order valence-electron chi connectivity index (χ1n) is 5.20. The molecule has 2 aromatic rings. The minimum atomic E-state index is -0.0555. The Balaban J connectivity index is 2.38. The van der Waals surface area contributed by atoms with Gasteiger partial charge in [-0.25, -0.2) is 4.98 Å². The van der Waals surface area contributed by atoms with Crippen LogP contribution in [0, 0.1) is 0 Å². The average Bonchev–Trinajstić information content (AvgIpc) is 2.78. The molecule has 3 N–H and O–H groups in total. The zero-order valence-corrected chi connectivity index (χ0v) is 9.17. The molecule has 84 valence electrons. The van der Waals surface area contributed by atoms with Crippen molar-refractivity contribution in [3.8, 4) is 5.69 Å². The molecule has 4 heteroatoms. The van der Waals surface area contributed by atoms with Crippen LogP contribution in [0.2, 0.25) is 0 Å². The minimum Gasteiger partial charge on any atom is -0.392 e. The SMILES string of the molecule is C[C@@H](N)c1cncn1-c1ccc(CO)cc1. The maximum atomic E-state index is 8.96. The van der Waals surface area contributed by atoms with Crippen molar-refractivity contribution in [2.45, 2.75) is 19.6 Å². The molecule has 1 atom stereocenters. The van der Waals surface area contributed by atoms with Gasteiger partial charge in [-0.05, 0) is 24.6 Å². The van der Waals surface area contributed by atoms with Crippen molar-refractivity contribution in [3.05, 3.63) is 48.0 Å². The van der Waals surface area contributed by atoms with Crippen molar-refractivity contribution in [1.82, 2.24) is 9.55 Å². The molecule has 0 fully saturated rings. The second kappa shape index (κ2) is 4.47. The third-order valence-corrected chi connectivity index (χ3v) is 2.53. The monoisotopic (exact) mass is 217 g/mol. The van der Waals surface area contributed by atoms with Crippen LogP contribution in [0.4, 0.5) is 0 Å². The summed E-state index contributed by atoms with van der Waals surface area (Å²) in [6.45, 7) is 1.99. The molecule has 1 aromatic heterocycles. The van der Waals surface area contributed by atoms with Gasteiger partial charge in [0.15, 0.2) is 0 Å². The zero-order valence-electron chi connectivity index (χ0n) is 9.17. The molecule has 0 aliphatic heterocycles. The van der Waals surface area contributed by atoms with E-state index in [-0.39, 0.29) is 12.6 Å².